The van der Waals surface area contributed by atoms with Crippen molar-refractivity contribution in [2.45, 2.75) is 31.3 Å². The largest absolute Gasteiger partial charge is 0.501 e. The van der Waals surface area contributed by atoms with Crippen molar-refractivity contribution in [1.29, 1.82) is 0 Å². The van der Waals surface area contributed by atoms with E-state index in [-0.39, 0.29) is 0 Å². The second-order valence-electron chi connectivity index (χ2n) is 5.00. The maximum Gasteiger partial charge on any atom is 0.119 e. The molecule has 1 N–H and O–H groups in total. The minimum absolute atomic E-state index is 0.741. The Morgan fingerprint density at radius 3 is 2.94 bits per heavy atom. The molecule has 0 fully saturated rings. The van der Waals surface area contributed by atoms with Gasteiger partial charge in [-0.15, -0.1) is 0 Å². The fraction of sp³-hybridized carbons (Fsp3) is 0.467. The molecule has 0 saturated heterocycles. The summed E-state index contributed by atoms with van der Waals surface area (Å²) in [6, 6.07) is 5.96. The molecule has 0 spiro atoms. The Bertz CT molecular complexity index is 493. The Labute approximate surface area is 107 Å². The van der Waals surface area contributed by atoms with Crippen LogP contribution in [0.3, 0.4) is 0 Å². The smallest absolute Gasteiger partial charge is 0.119 e. The van der Waals surface area contributed by atoms with E-state index in [1.807, 2.05) is 12.1 Å². The predicted molar refractivity (Wildman–Crippen MR) is 68.5 cm³/mol. The molecule has 1 aliphatic carbocycles. The van der Waals surface area contributed by atoms with Crippen LogP contribution in [0.25, 0.3) is 0 Å². The Morgan fingerprint density at radius 2 is 2.22 bits per heavy atom. The molecule has 1 heterocycles. The number of fused-ring (bicyclic) bond motifs is 1. The molecule has 18 heavy (non-hydrogen) atoms. The maximum atomic E-state index is 11.0. The average Bonchev–Trinajstić information content (AvgIpc) is 2.78. The second kappa shape index (κ2) is 4.32. The molecular formula is C15H18O3. The molecule has 0 saturated carbocycles. The van der Waals surface area contributed by atoms with Crippen LogP contribution in [-0.4, -0.2) is 18.8 Å². The molecule has 0 aromatic heterocycles. The Morgan fingerprint density at radius 1 is 1.33 bits per heavy atom. The Balaban J connectivity index is 2.04. The molecule has 0 bridgehead atoms. The van der Waals surface area contributed by atoms with E-state index in [1.165, 1.54) is 5.56 Å². The van der Waals surface area contributed by atoms with Crippen LogP contribution in [0, 0.1) is 0 Å². The Kier molecular flexibility index (Phi) is 2.78. The molecule has 3 rings (SSSR count). The van der Waals surface area contributed by atoms with E-state index in [1.54, 1.807) is 13.4 Å². The maximum absolute atomic E-state index is 11.0. The van der Waals surface area contributed by atoms with E-state index in [0.29, 0.717) is 0 Å². The van der Waals surface area contributed by atoms with Crippen molar-refractivity contribution in [3.63, 3.8) is 0 Å². The van der Waals surface area contributed by atoms with Gasteiger partial charge in [0.1, 0.15) is 11.4 Å². The van der Waals surface area contributed by atoms with E-state index in [2.05, 4.69) is 6.07 Å². The van der Waals surface area contributed by atoms with Crippen molar-refractivity contribution in [3.05, 3.63) is 41.2 Å². The highest BCUT2D eigenvalue weighted by Gasteiger charge is 2.40. The highest BCUT2D eigenvalue weighted by atomic mass is 16.5. The first-order chi connectivity index (χ1) is 8.74. The van der Waals surface area contributed by atoms with Crippen molar-refractivity contribution in [3.8, 4) is 5.75 Å². The number of methoxy groups -OCH3 is 1. The quantitative estimate of drug-likeness (QED) is 0.871. The standard InChI is InChI=1S/C15H18O3/c1-17-13-5-4-11-6-7-15(16,14(11)9-13)12-3-2-8-18-10-12/h4-5,9-10,16H,2-3,6-8H2,1H3. The van der Waals surface area contributed by atoms with Gasteiger partial charge in [-0.2, -0.15) is 0 Å². The third kappa shape index (κ3) is 1.70. The molecule has 0 radical (unpaired) electrons. The molecule has 1 unspecified atom stereocenters. The van der Waals surface area contributed by atoms with Gasteiger partial charge in [0.25, 0.3) is 0 Å². The van der Waals surface area contributed by atoms with Gasteiger partial charge in [-0.1, -0.05) is 6.07 Å². The molecule has 1 aromatic rings. The molecule has 96 valence electrons. The van der Waals surface area contributed by atoms with Crippen LogP contribution in [0.15, 0.2) is 30.0 Å². The van der Waals surface area contributed by atoms with Crippen molar-refractivity contribution in [2.24, 2.45) is 0 Å². The van der Waals surface area contributed by atoms with Crippen molar-refractivity contribution in [1.82, 2.24) is 0 Å². The van der Waals surface area contributed by atoms with Crippen LogP contribution in [-0.2, 0) is 16.8 Å². The average molecular weight is 246 g/mol. The minimum atomic E-state index is -0.857. The monoisotopic (exact) mass is 246 g/mol. The summed E-state index contributed by atoms with van der Waals surface area (Å²) >= 11 is 0. The summed E-state index contributed by atoms with van der Waals surface area (Å²) < 4.78 is 10.6. The lowest BCUT2D eigenvalue weighted by atomic mass is 9.85. The first-order valence-corrected chi connectivity index (χ1v) is 6.45. The summed E-state index contributed by atoms with van der Waals surface area (Å²) in [4.78, 5) is 0. The van der Waals surface area contributed by atoms with E-state index in [9.17, 15) is 5.11 Å². The molecule has 3 heteroatoms. The zero-order chi connectivity index (χ0) is 12.6. The molecule has 2 aliphatic rings. The fourth-order valence-electron chi connectivity index (χ4n) is 2.94. The zero-order valence-electron chi connectivity index (χ0n) is 10.6. The van der Waals surface area contributed by atoms with Crippen molar-refractivity contribution in [2.75, 3.05) is 13.7 Å². The number of hydrogen-bond donors (Lipinski definition) is 1. The summed E-state index contributed by atoms with van der Waals surface area (Å²) in [6.07, 6.45) is 5.29. The van der Waals surface area contributed by atoms with Gasteiger partial charge < -0.3 is 14.6 Å². The number of benzene rings is 1. The highest BCUT2D eigenvalue weighted by molar-refractivity contribution is 5.47. The van der Waals surface area contributed by atoms with Gasteiger partial charge in [-0.25, -0.2) is 0 Å². The van der Waals surface area contributed by atoms with Crippen LogP contribution >= 0.6 is 0 Å². The van der Waals surface area contributed by atoms with Crippen molar-refractivity contribution < 1.29 is 14.6 Å². The summed E-state index contributed by atoms with van der Waals surface area (Å²) in [7, 11) is 1.65. The highest BCUT2D eigenvalue weighted by Crippen LogP contribution is 2.45. The lowest BCUT2D eigenvalue weighted by Crippen LogP contribution is -2.27. The van der Waals surface area contributed by atoms with Crippen LogP contribution in [0.2, 0.25) is 0 Å². The van der Waals surface area contributed by atoms with Crippen LogP contribution in [0.1, 0.15) is 30.4 Å². The molecule has 1 aliphatic heterocycles. The van der Waals surface area contributed by atoms with Gasteiger partial charge in [0.2, 0.25) is 0 Å². The lowest BCUT2D eigenvalue weighted by molar-refractivity contribution is 0.0614. The van der Waals surface area contributed by atoms with E-state index >= 15 is 0 Å². The molecular weight excluding hydrogens is 228 g/mol. The molecule has 0 amide bonds. The summed E-state index contributed by atoms with van der Waals surface area (Å²) in [5, 5.41) is 11.0. The molecule has 1 atom stereocenters. The first kappa shape index (κ1) is 11.6. The summed E-state index contributed by atoms with van der Waals surface area (Å²) in [5.41, 5.74) is 2.34. The summed E-state index contributed by atoms with van der Waals surface area (Å²) in [5.74, 6) is 0.798. The van der Waals surface area contributed by atoms with Crippen molar-refractivity contribution >= 4 is 0 Å². The number of rotatable bonds is 2. The third-order valence-electron chi connectivity index (χ3n) is 3.98. The third-order valence-corrected chi connectivity index (χ3v) is 3.98. The molecule has 1 aromatic carbocycles. The first-order valence-electron chi connectivity index (χ1n) is 6.45. The fourth-order valence-corrected chi connectivity index (χ4v) is 2.94. The minimum Gasteiger partial charge on any atom is -0.501 e. The van der Waals surface area contributed by atoms with Gasteiger partial charge >= 0.3 is 0 Å². The van der Waals surface area contributed by atoms with Crippen LogP contribution in [0.4, 0.5) is 0 Å². The summed E-state index contributed by atoms with van der Waals surface area (Å²) in [6.45, 7) is 0.755. The van der Waals surface area contributed by atoms with Gasteiger partial charge in [-0.3, -0.25) is 0 Å². The van der Waals surface area contributed by atoms with E-state index in [4.69, 9.17) is 9.47 Å². The van der Waals surface area contributed by atoms with E-state index < -0.39 is 5.60 Å². The topological polar surface area (TPSA) is 38.7 Å². The predicted octanol–water partition coefficient (Wildman–Crippen LogP) is 2.52. The normalized spacial score (nSPS) is 26.2. The zero-order valence-corrected chi connectivity index (χ0v) is 10.6. The number of hydrogen-bond acceptors (Lipinski definition) is 3. The number of aliphatic hydroxyl groups is 1. The van der Waals surface area contributed by atoms with Gasteiger partial charge in [0.15, 0.2) is 0 Å². The van der Waals surface area contributed by atoms with Crippen LogP contribution < -0.4 is 4.74 Å². The van der Waals surface area contributed by atoms with Gasteiger partial charge in [0, 0.05) is 5.57 Å². The Hall–Kier alpha value is -1.48. The number of ether oxygens (including phenoxy) is 2. The van der Waals surface area contributed by atoms with Crippen LogP contribution in [0.5, 0.6) is 5.75 Å². The SMILES string of the molecule is COc1ccc2c(c1)C(O)(C1=COCCC1)CC2. The van der Waals surface area contributed by atoms with E-state index in [0.717, 1.165) is 49.2 Å². The molecule has 3 nitrogen and oxygen atoms in total. The number of aryl methyl sites for hydroxylation is 1. The lowest BCUT2D eigenvalue weighted by Gasteiger charge is -2.29. The van der Waals surface area contributed by atoms with Gasteiger partial charge in [-0.05, 0) is 48.9 Å². The second-order valence-corrected chi connectivity index (χ2v) is 5.00. The van der Waals surface area contributed by atoms with Gasteiger partial charge in [0.05, 0.1) is 20.0 Å².